The first-order chi connectivity index (χ1) is 8.90. The van der Waals surface area contributed by atoms with Gasteiger partial charge in [0.2, 0.25) is 0 Å². The van der Waals surface area contributed by atoms with E-state index in [2.05, 4.69) is 41.3 Å². The van der Waals surface area contributed by atoms with Crippen molar-refractivity contribution in [2.45, 2.75) is 25.8 Å². The van der Waals surface area contributed by atoms with E-state index in [9.17, 15) is 0 Å². The first-order valence-corrected chi connectivity index (χ1v) is 6.86. The van der Waals surface area contributed by atoms with Crippen LogP contribution in [0.3, 0.4) is 0 Å². The van der Waals surface area contributed by atoms with Crippen LogP contribution in [-0.2, 0) is 6.54 Å². The van der Waals surface area contributed by atoms with Gasteiger partial charge in [0.15, 0.2) is 0 Å². The molecule has 2 aromatic rings. The molecule has 0 radical (unpaired) electrons. The first kappa shape index (κ1) is 11.5. The molecule has 1 aliphatic heterocycles. The van der Waals surface area contributed by atoms with Crippen LogP contribution in [0.25, 0.3) is 10.8 Å². The van der Waals surface area contributed by atoms with Gasteiger partial charge in [0.05, 0.1) is 0 Å². The third-order valence-corrected chi connectivity index (χ3v) is 3.91. The largest absolute Gasteiger partial charge is 0.371 e. The van der Waals surface area contributed by atoms with Crippen molar-refractivity contribution in [1.29, 1.82) is 0 Å². The summed E-state index contributed by atoms with van der Waals surface area (Å²) in [6.07, 6.45) is 4.00. The van der Waals surface area contributed by atoms with Gasteiger partial charge in [0.1, 0.15) is 0 Å². The second kappa shape index (κ2) is 4.99. The molecule has 1 heterocycles. The van der Waals surface area contributed by atoms with Gasteiger partial charge in [-0.15, -0.1) is 0 Å². The summed E-state index contributed by atoms with van der Waals surface area (Å²) in [4.78, 5) is 2.52. The second-order valence-electron chi connectivity index (χ2n) is 5.04. The maximum atomic E-state index is 5.83. The van der Waals surface area contributed by atoms with Crippen molar-refractivity contribution in [3.63, 3.8) is 0 Å². The van der Waals surface area contributed by atoms with Crippen LogP contribution in [0, 0.1) is 0 Å². The summed E-state index contributed by atoms with van der Waals surface area (Å²) >= 11 is 0. The van der Waals surface area contributed by atoms with Crippen molar-refractivity contribution in [2.24, 2.45) is 5.73 Å². The number of nitrogens with two attached hydrogens (primary N) is 1. The van der Waals surface area contributed by atoms with Gasteiger partial charge in [0, 0.05) is 30.7 Å². The summed E-state index contributed by atoms with van der Waals surface area (Å²) in [7, 11) is 0. The van der Waals surface area contributed by atoms with Gasteiger partial charge in [-0.25, -0.2) is 0 Å². The van der Waals surface area contributed by atoms with E-state index in [4.69, 9.17) is 5.73 Å². The highest BCUT2D eigenvalue weighted by Crippen LogP contribution is 2.31. The standard InChI is InChI=1S/C16H20N2/c17-12-13-8-9-16(18-10-4-1-5-11-18)15-7-3-2-6-14(13)15/h2-3,6-9H,1,4-5,10-12,17H2. The number of hydrogen-bond acceptors (Lipinski definition) is 2. The number of anilines is 1. The van der Waals surface area contributed by atoms with Crippen LogP contribution in [0.2, 0.25) is 0 Å². The number of fused-ring (bicyclic) bond motifs is 1. The van der Waals surface area contributed by atoms with E-state index >= 15 is 0 Å². The topological polar surface area (TPSA) is 29.3 Å². The second-order valence-corrected chi connectivity index (χ2v) is 5.04. The molecule has 0 amide bonds. The third-order valence-electron chi connectivity index (χ3n) is 3.91. The van der Waals surface area contributed by atoms with Crippen LogP contribution in [0.1, 0.15) is 24.8 Å². The summed E-state index contributed by atoms with van der Waals surface area (Å²) in [6.45, 7) is 2.98. The van der Waals surface area contributed by atoms with Crippen molar-refractivity contribution < 1.29 is 0 Å². The fourth-order valence-corrected chi connectivity index (χ4v) is 2.93. The lowest BCUT2D eigenvalue weighted by Gasteiger charge is -2.30. The Morgan fingerprint density at radius 3 is 2.33 bits per heavy atom. The zero-order valence-electron chi connectivity index (χ0n) is 10.7. The Labute approximate surface area is 108 Å². The molecule has 3 rings (SSSR count). The number of benzene rings is 2. The minimum atomic E-state index is 0.612. The van der Waals surface area contributed by atoms with E-state index in [0.29, 0.717) is 6.54 Å². The highest BCUT2D eigenvalue weighted by atomic mass is 15.1. The van der Waals surface area contributed by atoms with Gasteiger partial charge in [-0.3, -0.25) is 0 Å². The number of nitrogens with zero attached hydrogens (tertiary/aromatic N) is 1. The van der Waals surface area contributed by atoms with Crippen LogP contribution in [0.15, 0.2) is 36.4 Å². The molecule has 0 saturated carbocycles. The van der Waals surface area contributed by atoms with Crippen LogP contribution in [0.4, 0.5) is 5.69 Å². The van der Waals surface area contributed by atoms with Crippen molar-refractivity contribution in [2.75, 3.05) is 18.0 Å². The van der Waals surface area contributed by atoms with Gasteiger partial charge in [0.25, 0.3) is 0 Å². The molecule has 0 atom stereocenters. The molecule has 18 heavy (non-hydrogen) atoms. The SMILES string of the molecule is NCc1ccc(N2CCCCC2)c2ccccc12. The molecular weight excluding hydrogens is 220 g/mol. The fraction of sp³-hybridized carbons (Fsp3) is 0.375. The van der Waals surface area contributed by atoms with E-state index in [0.717, 1.165) is 0 Å². The van der Waals surface area contributed by atoms with Gasteiger partial charge >= 0.3 is 0 Å². The summed E-state index contributed by atoms with van der Waals surface area (Å²) in [5, 5.41) is 2.66. The minimum Gasteiger partial charge on any atom is -0.371 e. The molecule has 1 saturated heterocycles. The van der Waals surface area contributed by atoms with Crippen LogP contribution >= 0.6 is 0 Å². The Morgan fingerprint density at radius 2 is 1.61 bits per heavy atom. The van der Waals surface area contributed by atoms with Crippen molar-refractivity contribution >= 4 is 16.5 Å². The molecule has 0 bridgehead atoms. The molecule has 0 aliphatic carbocycles. The minimum absolute atomic E-state index is 0.612. The number of piperidine rings is 1. The Morgan fingerprint density at radius 1 is 0.889 bits per heavy atom. The molecule has 1 fully saturated rings. The quantitative estimate of drug-likeness (QED) is 0.872. The summed E-state index contributed by atoms with van der Waals surface area (Å²) < 4.78 is 0. The Hall–Kier alpha value is -1.54. The Balaban J connectivity index is 2.12. The lowest BCUT2D eigenvalue weighted by molar-refractivity contribution is 0.579. The van der Waals surface area contributed by atoms with Gasteiger partial charge in [-0.1, -0.05) is 30.3 Å². The van der Waals surface area contributed by atoms with E-state index in [1.54, 1.807) is 0 Å². The average Bonchev–Trinajstić information content (AvgIpc) is 2.47. The maximum Gasteiger partial charge on any atom is 0.0446 e. The highest BCUT2D eigenvalue weighted by molar-refractivity contribution is 5.96. The van der Waals surface area contributed by atoms with E-state index < -0.39 is 0 Å². The number of hydrogen-bond donors (Lipinski definition) is 1. The molecule has 2 aromatic carbocycles. The predicted octanol–water partition coefficient (Wildman–Crippen LogP) is 3.29. The van der Waals surface area contributed by atoms with E-state index in [1.165, 1.54) is 54.4 Å². The zero-order chi connectivity index (χ0) is 12.4. The van der Waals surface area contributed by atoms with E-state index in [1.807, 2.05) is 0 Å². The normalized spacial score (nSPS) is 16.2. The number of rotatable bonds is 2. The molecule has 0 unspecified atom stereocenters. The molecule has 2 heteroatoms. The maximum absolute atomic E-state index is 5.83. The van der Waals surface area contributed by atoms with E-state index in [-0.39, 0.29) is 0 Å². The van der Waals surface area contributed by atoms with Crippen LogP contribution < -0.4 is 10.6 Å². The monoisotopic (exact) mass is 240 g/mol. The average molecular weight is 240 g/mol. The van der Waals surface area contributed by atoms with Gasteiger partial charge in [-0.05, 0) is 36.3 Å². The smallest absolute Gasteiger partial charge is 0.0446 e. The summed E-state index contributed by atoms with van der Waals surface area (Å²) in [6, 6.07) is 13.1. The lowest BCUT2D eigenvalue weighted by Crippen LogP contribution is -2.29. The third kappa shape index (κ3) is 1.97. The lowest BCUT2D eigenvalue weighted by atomic mass is 10.0. The summed E-state index contributed by atoms with van der Waals surface area (Å²) in [5.41, 5.74) is 8.45. The fourth-order valence-electron chi connectivity index (χ4n) is 2.93. The first-order valence-electron chi connectivity index (χ1n) is 6.86. The highest BCUT2D eigenvalue weighted by Gasteiger charge is 2.14. The molecule has 2 nitrogen and oxygen atoms in total. The Bertz CT molecular complexity index is 542. The van der Waals surface area contributed by atoms with Crippen LogP contribution in [-0.4, -0.2) is 13.1 Å². The molecule has 2 N–H and O–H groups in total. The van der Waals surface area contributed by atoms with Gasteiger partial charge in [-0.2, -0.15) is 0 Å². The van der Waals surface area contributed by atoms with Crippen molar-refractivity contribution in [3.8, 4) is 0 Å². The molecule has 94 valence electrons. The van der Waals surface area contributed by atoms with Crippen molar-refractivity contribution in [1.82, 2.24) is 0 Å². The molecule has 1 aliphatic rings. The molecule has 0 spiro atoms. The zero-order valence-corrected chi connectivity index (χ0v) is 10.7. The molecular formula is C16H20N2. The van der Waals surface area contributed by atoms with Crippen molar-refractivity contribution in [3.05, 3.63) is 42.0 Å². The summed E-state index contributed by atoms with van der Waals surface area (Å²) in [5.74, 6) is 0. The predicted molar refractivity (Wildman–Crippen MR) is 77.9 cm³/mol. The Kier molecular flexibility index (Phi) is 3.20. The molecule has 0 aromatic heterocycles. The van der Waals surface area contributed by atoms with Crippen LogP contribution in [0.5, 0.6) is 0 Å². The van der Waals surface area contributed by atoms with Gasteiger partial charge < -0.3 is 10.6 Å².